The first kappa shape index (κ1) is 18.1. The molecule has 0 unspecified atom stereocenters. The van der Waals surface area contributed by atoms with Gasteiger partial charge in [0.25, 0.3) is 5.91 Å². The van der Waals surface area contributed by atoms with Crippen LogP contribution in [-0.2, 0) is 11.4 Å². The quantitative estimate of drug-likeness (QED) is 0.823. The third-order valence-electron chi connectivity index (χ3n) is 4.33. The SMILES string of the molecule is COc1ccccc1O[C@@H]1CCN(C(=O)COc2ccc(CO)cc2)C1. The molecule has 138 valence electrons. The monoisotopic (exact) mass is 357 g/mol. The van der Waals surface area contributed by atoms with E-state index in [0.29, 0.717) is 30.3 Å². The molecule has 1 saturated heterocycles. The number of aliphatic hydroxyl groups is 1. The van der Waals surface area contributed by atoms with Gasteiger partial charge in [0.1, 0.15) is 11.9 Å². The van der Waals surface area contributed by atoms with E-state index in [0.717, 1.165) is 12.0 Å². The van der Waals surface area contributed by atoms with Crippen LogP contribution >= 0.6 is 0 Å². The predicted octanol–water partition coefficient (Wildman–Crippen LogP) is 2.25. The molecule has 26 heavy (non-hydrogen) atoms. The van der Waals surface area contributed by atoms with E-state index < -0.39 is 0 Å². The van der Waals surface area contributed by atoms with Gasteiger partial charge in [-0.15, -0.1) is 0 Å². The Kier molecular flexibility index (Phi) is 5.96. The molecule has 0 spiro atoms. The summed E-state index contributed by atoms with van der Waals surface area (Å²) in [6.07, 6.45) is 0.716. The Labute approximate surface area is 152 Å². The van der Waals surface area contributed by atoms with Gasteiger partial charge in [-0.25, -0.2) is 0 Å². The standard InChI is InChI=1S/C20H23NO5/c1-24-18-4-2-3-5-19(18)26-17-10-11-21(12-17)20(23)14-25-16-8-6-15(13-22)7-9-16/h2-9,17,22H,10-14H2,1H3/t17-/m1/s1. The van der Waals surface area contributed by atoms with Crippen molar-refractivity contribution in [3.8, 4) is 17.2 Å². The van der Waals surface area contributed by atoms with Crippen molar-refractivity contribution in [1.82, 2.24) is 4.90 Å². The highest BCUT2D eigenvalue weighted by molar-refractivity contribution is 5.78. The minimum atomic E-state index is -0.0673. The van der Waals surface area contributed by atoms with Crippen molar-refractivity contribution in [3.05, 3.63) is 54.1 Å². The van der Waals surface area contributed by atoms with Gasteiger partial charge in [0.05, 0.1) is 20.3 Å². The second-order valence-corrected chi connectivity index (χ2v) is 6.11. The number of ether oxygens (including phenoxy) is 3. The molecule has 1 aliphatic rings. The molecule has 0 aromatic heterocycles. The minimum absolute atomic E-state index is 0.0133. The van der Waals surface area contributed by atoms with E-state index in [1.807, 2.05) is 24.3 Å². The summed E-state index contributed by atoms with van der Waals surface area (Å²) in [6.45, 7) is 1.15. The van der Waals surface area contributed by atoms with Gasteiger partial charge >= 0.3 is 0 Å². The van der Waals surface area contributed by atoms with Crippen molar-refractivity contribution in [2.24, 2.45) is 0 Å². The summed E-state index contributed by atoms with van der Waals surface area (Å²) in [7, 11) is 1.61. The Morgan fingerprint density at radius 3 is 2.58 bits per heavy atom. The largest absolute Gasteiger partial charge is 0.493 e. The fourth-order valence-electron chi connectivity index (χ4n) is 2.87. The van der Waals surface area contributed by atoms with Crippen molar-refractivity contribution in [2.45, 2.75) is 19.1 Å². The van der Waals surface area contributed by atoms with Crippen LogP contribution in [0.5, 0.6) is 17.2 Å². The summed E-state index contributed by atoms with van der Waals surface area (Å²) in [6, 6.07) is 14.5. The van der Waals surface area contributed by atoms with Gasteiger partial charge in [0, 0.05) is 13.0 Å². The van der Waals surface area contributed by atoms with Gasteiger partial charge in [-0.05, 0) is 29.8 Å². The molecular formula is C20H23NO5. The van der Waals surface area contributed by atoms with Crippen LogP contribution in [0.25, 0.3) is 0 Å². The van der Waals surface area contributed by atoms with Gasteiger partial charge < -0.3 is 24.2 Å². The highest BCUT2D eigenvalue weighted by Crippen LogP contribution is 2.28. The zero-order chi connectivity index (χ0) is 18.4. The summed E-state index contributed by atoms with van der Waals surface area (Å²) in [5.74, 6) is 1.92. The normalized spacial score (nSPS) is 16.4. The number of nitrogens with zero attached hydrogens (tertiary/aromatic N) is 1. The van der Waals surface area contributed by atoms with E-state index in [9.17, 15) is 4.79 Å². The molecule has 1 aliphatic heterocycles. The lowest BCUT2D eigenvalue weighted by atomic mass is 10.2. The molecule has 1 atom stereocenters. The second-order valence-electron chi connectivity index (χ2n) is 6.11. The van der Waals surface area contributed by atoms with Gasteiger partial charge in [-0.1, -0.05) is 24.3 Å². The lowest BCUT2D eigenvalue weighted by Gasteiger charge is -2.18. The summed E-state index contributed by atoms with van der Waals surface area (Å²) < 4.78 is 16.8. The Balaban J connectivity index is 1.49. The lowest BCUT2D eigenvalue weighted by molar-refractivity contribution is -0.132. The number of hydrogen-bond acceptors (Lipinski definition) is 5. The van der Waals surface area contributed by atoms with Crippen molar-refractivity contribution >= 4 is 5.91 Å². The van der Waals surface area contributed by atoms with Crippen molar-refractivity contribution in [2.75, 3.05) is 26.8 Å². The molecule has 6 heteroatoms. The molecule has 2 aromatic carbocycles. The van der Waals surface area contributed by atoms with E-state index in [-0.39, 0.29) is 25.2 Å². The van der Waals surface area contributed by atoms with Gasteiger partial charge in [0.2, 0.25) is 0 Å². The minimum Gasteiger partial charge on any atom is -0.493 e. The number of carbonyl (C=O) groups excluding carboxylic acids is 1. The Hall–Kier alpha value is -2.73. The topological polar surface area (TPSA) is 68.2 Å². The average molecular weight is 357 g/mol. The number of amides is 1. The zero-order valence-electron chi connectivity index (χ0n) is 14.8. The van der Waals surface area contributed by atoms with Gasteiger partial charge in [0.15, 0.2) is 18.1 Å². The smallest absolute Gasteiger partial charge is 0.260 e. The van der Waals surface area contributed by atoms with Crippen LogP contribution < -0.4 is 14.2 Å². The van der Waals surface area contributed by atoms with Gasteiger partial charge in [-0.3, -0.25) is 4.79 Å². The van der Waals surface area contributed by atoms with Gasteiger partial charge in [-0.2, -0.15) is 0 Å². The molecule has 2 aromatic rings. The summed E-state index contributed by atoms with van der Waals surface area (Å²) >= 11 is 0. The molecular weight excluding hydrogens is 334 g/mol. The number of likely N-dealkylation sites (tertiary alicyclic amines) is 1. The number of carbonyl (C=O) groups is 1. The van der Waals surface area contributed by atoms with Crippen LogP contribution in [0.3, 0.4) is 0 Å². The maximum Gasteiger partial charge on any atom is 0.260 e. The number of benzene rings is 2. The van der Waals surface area contributed by atoms with Crippen LogP contribution in [0.15, 0.2) is 48.5 Å². The van der Waals surface area contributed by atoms with E-state index in [4.69, 9.17) is 19.3 Å². The summed E-state index contributed by atoms with van der Waals surface area (Å²) in [5, 5.41) is 9.03. The fourth-order valence-corrected chi connectivity index (χ4v) is 2.87. The van der Waals surface area contributed by atoms with Crippen molar-refractivity contribution in [3.63, 3.8) is 0 Å². The first-order valence-electron chi connectivity index (χ1n) is 8.59. The first-order chi connectivity index (χ1) is 12.7. The maximum atomic E-state index is 12.3. The number of methoxy groups -OCH3 is 1. The van der Waals surface area contributed by atoms with Crippen LogP contribution in [0, 0.1) is 0 Å². The molecule has 0 bridgehead atoms. The zero-order valence-corrected chi connectivity index (χ0v) is 14.8. The van der Waals surface area contributed by atoms with E-state index in [1.165, 1.54) is 0 Å². The highest BCUT2D eigenvalue weighted by Gasteiger charge is 2.28. The molecule has 3 rings (SSSR count). The number of para-hydroxylation sites is 2. The summed E-state index contributed by atoms with van der Waals surface area (Å²) in [5.41, 5.74) is 0.805. The molecule has 1 fully saturated rings. The van der Waals surface area contributed by atoms with Crippen LogP contribution in [0.2, 0.25) is 0 Å². The third kappa shape index (κ3) is 4.46. The lowest BCUT2D eigenvalue weighted by Crippen LogP contribution is -2.34. The number of rotatable bonds is 7. The van der Waals surface area contributed by atoms with Crippen molar-refractivity contribution < 1.29 is 24.1 Å². The predicted molar refractivity (Wildman–Crippen MR) is 96.5 cm³/mol. The fraction of sp³-hybridized carbons (Fsp3) is 0.350. The first-order valence-corrected chi connectivity index (χ1v) is 8.59. The molecule has 0 saturated carbocycles. The van der Waals surface area contributed by atoms with E-state index in [1.54, 1.807) is 36.3 Å². The van der Waals surface area contributed by atoms with E-state index in [2.05, 4.69) is 0 Å². The maximum absolute atomic E-state index is 12.3. The number of aliphatic hydroxyl groups excluding tert-OH is 1. The molecule has 6 nitrogen and oxygen atoms in total. The van der Waals surface area contributed by atoms with Crippen LogP contribution in [0.1, 0.15) is 12.0 Å². The molecule has 1 heterocycles. The van der Waals surface area contributed by atoms with Crippen molar-refractivity contribution in [1.29, 1.82) is 0 Å². The molecule has 1 N–H and O–H groups in total. The highest BCUT2D eigenvalue weighted by atomic mass is 16.5. The second kappa shape index (κ2) is 8.58. The Morgan fingerprint density at radius 1 is 1.15 bits per heavy atom. The third-order valence-corrected chi connectivity index (χ3v) is 4.33. The molecule has 0 radical (unpaired) electrons. The van der Waals surface area contributed by atoms with E-state index >= 15 is 0 Å². The molecule has 0 aliphatic carbocycles. The number of hydrogen-bond donors (Lipinski definition) is 1. The molecule has 1 amide bonds. The van der Waals surface area contributed by atoms with Crippen LogP contribution in [-0.4, -0.2) is 48.8 Å². The Bertz CT molecular complexity index is 731. The van der Waals surface area contributed by atoms with Crippen LogP contribution in [0.4, 0.5) is 0 Å². The Morgan fingerprint density at radius 2 is 1.88 bits per heavy atom. The average Bonchev–Trinajstić information content (AvgIpc) is 3.15. The summed E-state index contributed by atoms with van der Waals surface area (Å²) in [4.78, 5) is 14.1.